The zero-order chi connectivity index (χ0) is 13.5. The number of benzene rings is 1. The number of fused-ring (bicyclic) bond motifs is 1. The molecule has 1 aliphatic heterocycles. The summed E-state index contributed by atoms with van der Waals surface area (Å²) < 4.78 is 11.8. The van der Waals surface area contributed by atoms with Crippen molar-refractivity contribution in [2.24, 2.45) is 4.99 Å². The van der Waals surface area contributed by atoms with Crippen LogP contribution < -0.4 is 9.47 Å². The Bertz CT molecular complexity index is 573. The molecular formula is C14H14BrNO3. The number of halogens is 1. The summed E-state index contributed by atoms with van der Waals surface area (Å²) in [5.41, 5.74) is 1.67. The van der Waals surface area contributed by atoms with Gasteiger partial charge in [-0.1, -0.05) is 12.8 Å². The van der Waals surface area contributed by atoms with Gasteiger partial charge in [-0.25, -0.2) is 4.79 Å². The highest BCUT2D eigenvalue weighted by atomic mass is 79.9. The molecule has 4 nitrogen and oxygen atoms in total. The summed E-state index contributed by atoms with van der Waals surface area (Å²) in [6.07, 6.45) is 5.68. The summed E-state index contributed by atoms with van der Waals surface area (Å²) in [5, 5.41) is 0. The maximum Gasteiger partial charge on any atom is 0.235 e. The maximum atomic E-state index is 10.8. The van der Waals surface area contributed by atoms with Gasteiger partial charge in [-0.05, 0) is 52.9 Å². The molecule has 0 spiro atoms. The van der Waals surface area contributed by atoms with E-state index in [2.05, 4.69) is 20.9 Å². The molecule has 0 N–H and O–H groups in total. The van der Waals surface area contributed by atoms with E-state index in [0.29, 0.717) is 0 Å². The molecule has 19 heavy (non-hydrogen) atoms. The van der Waals surface area contributed by atoms with Crippen LogP contribution in [0, 0.1) is 6.92 Å². The summed E-state index contributed by atoms with van der Waals surface area (Å²) in [4.78, 5) is 14.9. The first kappa shape index (κ1) is 12.7. The van der Waals surface area contributed by atoms with Gasteiger partial charge in [-0.15, -0.1) is 0 Å². The van der Waals surface area contributed by atoms with Crippen LogP contribution in [0.2, 0.25) is 0 Å². The van der Waals surface area contributed by atoms with Gasteiger partial charge in [0.15, 0.2) is 11.5 Å². The Morgan fingerprint density at radius 2 is 2.11 bits per heavy atom. The highest BCUT2D eigenvalue weighted by Gasteiger charge is 2.39. The van der Waals surface area contributed by atoms with E-state index in [9.17, 15) is 4.79 Å². The fourth-order valence-corrected chi connectivity index (χ4v) is 3.59. The van der Waals surface area contributed by atoms with Crippen molar-refractivity contribution >= 4 is 22.0 Å². The van der Waals surface area contributed by atoms with Gasteiger partial charge >= 0.3 is 0 Å². The number of ether oxygens (including phenoxy) is 2. The zero-order valence-electron chi connectivity index (χ0n) is 10.7. The van der Waals surface area contributed by atoms with Crippen LogP contribution in [0.1, 0.15) is 36.8 Å². The minimum atomic E-state index is -0.435. The molecule has 1 heterocycles. The monoisotopic (exact) mass is 323 g/mol. The van der Waals surface area contributed by atoms with Crippen LogP contribution in [0.4, 0.5) is 0 Å². The third-order valence-electron chi connectivity index (χ3n) is 4.04. The topological polar surface area (TPSA) is 47.9 Å². The molecule has 2 aliphatic rings. The van der Waals surface area contributed by atoms with Crippen molar-refractivity contribution in [2.45, 2.75) is 38.1 Å². The van der Waals surface area contributed by atoms with Gasteiger partial charge in [-0.3, -0.25) is 0 Å². The molecule has 0 atom stereocenters. The molecule has 1 aromatic carbocycles. The van der Waals surface area contributed by atoms with E-state index in [-0.39, 0.29) is 6.79 Å². The molecular weight excluding hydrogens is 310 g/mol. The van der Waals surface area contributed by atoms with Gasteiger partial charge in [0.1, 0.15) is 0 Å². The molecule has 1 fully saturated rings. The second-order valence-electron chi connectivity index (χ2n) is 5.04. The molecule has 0 unspecified atom stereocenters. The van der Waals surface area contributed by atoms with Crippen molar-refractivity contribution in [3.8, 4) is 11.5 Å². The number of nitrogens with zero attached hydrogens (tertiary/aromatic N) is 1. The Morgan fingerprint density at radius 1 is 1.37 bits per heavy atom. The quantitative estimate of drug-likeness (QED) is 0.617. The average Bonchev–Trinajstić information content (AvgIpc) is 3.03. The first-order valence-electron chi connectivity index (χ1n) is 6.36. The Labute approximate surface area is 119 Å². The SMILES string of the molecule is Cc1c(C2(N=C=O)CCCC2)cc2c(c1Br)OCO2. The number of aliphatic imine (C=N–C) groups is 1. The molecule has 1 aliphatic carbocycles. The Kier molecular flexibility index (Phi) is 3.11. The largest absolute Gasteiger partial charge is 0.454 e. The standard InChI is InChI=1S/C14H14BrNO3/c1-9-10(14(16-7-17)4-2-3-5-14)6-11-13(12(9)15)19-8-18-11/h6H,2-5,8H2,1H3. The van der Waals surface area contributed by atoms with E-state index in [1.807, 2.05) is 13.0 Å². The lowest BCUT2D eigenvalue weighted by Crippen LogP contribution is -2.20. The number of hydrogen-bond acceptors (Lipinski definition) is 4. The summed E-state index contributed by atoms with van der Waals surface area (Å²) in [6.45, 7) is 2.25. The lowest BCUT2D eigenvalue weighted by molar-refractivity contribution is 0.173. The van der Waals surface area contributed by atoms with Crippen LogP contribution in [0.25, 0.3) is 0 Å². The van der Waals surface area contributed by atoms with Crippen molar-refractivity contribution in [1.82, 2.24) is 0 Å². The predicted molar refractivity (Wildman–Crippen MR) is 73.3 cm³/mol. The van der Waals surface area contributed by atoms with Gasteiger partial charge in [0.05, 0.1) is 10.0 Å². The molecule has 5 heteroatoms. The molecule has 0 aromatic heterocycles. The molecule has 0 amide bonds. The fraction of sp³-hybridized carbons (Fsp3) is 0.500. The van der Waals surface area contributed by atoms with E-state index in [1.165, 1.54) is 0 Å². The molecule has 0 bridgehead atoms. The molecule has 100 valence electrons. The second-order valence-corrected chi connectivity index (χ2v) is 5.83. The van der Waals surface area contributed by atoms with Crippen LogP contribution in [-0.4, -0.2) is 12.9 Å². The van der Waals surface area contributed by atoms with E-state index < -0.39 is 5.54 Å². The Hall–Kier alpha value is -1.32. The number of hydrogen-bond donors (Lipinski definition) is 0. The van der Waals surface area contributed by atoms with Crippen molar-refractivity contribution in [3.05, 3.63) is 21.7 Å². The van der Waals surface area contributed by atoms with Gasteiger partial charge in [0, 0.05) is 0 Å². The van der Waals surface area contributed by atoms with E-state index in [1.54, 1.807) is 6.08 Å². The minimum absolute atomic E-state index is 0.237. The second kappa shape index (κ2) is 4.66. The molecule has 1 aromatic rings. The molecule has 3 rings (SSSR count). The summed E-state index contributed by atoms with van der Waals surface area (Å²) in [6, 6.07) is 1.97. The highest BCUT2D eigenvalue weighted by molar-refractivity contribution is 9.10. The van der Waals surface area contributed by atoms with Crippen LogP contribution in [0.15, 0.2) is 15.5 Å². The van der Waals surface area contributed by atoms with E-state index in [4.69, 9.17) is 9.47 Å². The third-order valence-corrected chi connectivity index (χ3v) is 5.00. The van der Waals surface area contributed by atoms with Crippen molar-refractivity contribution in [3.63, 3.8) is 0 Å². The van der Waals surface area contributed by atoms with Gasteiger partial charge in [0.25, 0.3) is 0 Å². The van der Waals surface area contributed by atoms with Crippen molar-refractivity contribution < 1.29 is 14.3 Å². The number of carbonyl (C=O) groups excluding carboxylic acids is 1. The first-order chi connectivity index (χ1) is 9.18. The smallest absolute Gasteiger partial charge is 0.235 e. The van der Waals surface area contributed by atoms with Gasteiger partial charge < -0.3 is 9.47 Å². The van der Waals surface area contributed by atoms with Crippen LogP contribution in [-0.2, 0) is 10.3 Å². The normalized spacial score (nSPS) is 19.3. The van der Waals surface area contributed by atoms with E-state index in [0.717, 1.165) is 52.8 Å². The van der Waals surface area contributed by atoms with Crippen LogP contribution in [0.5, 0.6) is 11.5 Å². The predicted octanol–water partition coefficient (Wildman–Crippen LogP) is 3.59. The molecule has 0 saturated heterocycles. The minimum Gasteiger partial charge on any atom is -0.454 e. The fourth-order valence-electron chi connectivity index (χ4n) is 3.07. The maximum absolute atomic E-state index is 10.8. The van der Waals surface area contributed by atoms with Crippen LogP contribution in [0.3, 0.4) is 0 Å². The van der Waals surface area contributed by atoms with Gasteiger partial charge in [0.2, 0.25) is 12.9 Å². The summed E-state index contributed by atoms with van der Waals surface area (Å²) >= 11 is 3.56. The van der Waals surface area contributed by atoms with E-state index >= 15 is 0 Å². The molecule has 1 saturated carbocycles. The number of isocyanates is 1. The Morgan fingerprint density at radius 3 is 2.79 bits per heavy atom. The lowest BCUT2D eigenvalue weighted by Gasteiger charge is -2.26. The summed E-state index contributed by atoms with van der Waals surface area (Å²) in [5.74, 6) is 1.46. The summed E-state index contributed by atoms with van der Waals surface area (Å²) in [7, 11) is 0. The zero-order valence-corrected chi connectivity index (χ0v) is 12.2. The molecule has 0 radical (unpaired) electrons. The third kappa shape index (κ3) is 1.88. The van der Waals surface area contributed by atoms with Gasteiger partial charge in [-0.2, -0.15) is 4.99 Å². The van der Waals surface area contributed by atoms with Crippen LogP contribution >= 0.6 is 15.9 Å². The highest BCUT2D eigenvalue weighted by Crippen LogP contribution is 2.50. The number of rotatable bonds is 2. The average molecular weight is 324 g/mol. The first-order valence-corrected chi connectivity index (χ1v) is 7.15. The van der Waals surface area contributed by atoms with Crippen molar-refractivity contribution in [1.29, 1.82) is 0 Å². The van der Waals surface area contributed by atoms with Crippen molar-refractivity contribution in [2.75, 3.05) is 6.79 Å². The lowest BCUT2D eigenvalue weighted by atomic mass is 9.85. The Balaban J connectivity index is 2.19.